The Morgan fingerprint density at radius 3 is 2.59 bits per heavy atom. The highest BCUT2D eigenvalue weighted by Gasteiger charge is 2.16. The van der Waals surface area contributed by atoms with E-state index in [9.17, 15) is 14.7 Å². The standard InChI is InChI=1S/C34H38N2O5/c1-22(2)12-13-26-20-28(14-16-30(26)37)33(38)35-29-21-27-15-17-31(23(3)32(27)41-34(29)39)40-19-9-18-36(5)24(4)25-10-7-6-8-11-25/h6-8,10-12,14-17,20-21,24,37H,9,13,18-19H2,1-5H3,(H,35,38)/t24-/m1/s1. The summed E-state index contributed by atoms with van der Waals surface area (Å²) in [5.41, 5.74) is 3.90. The van der Waals surface area contributed by atoms with Crippen molar-refractivity contribution in [1.29, 1.82) is 0 Å². The molecule has 0 bridgehead atoms. The van der Waals surface area contributed by atoms with Crippen LogP contribution in [0.4, 0.5) is 5.69 Å². The van der Waals surface area contributed by atoms with Gasteiger partial charge in [0, 0.05) is 29.1 Å². The molecule has 1 atom stereocenters. The van der Waals surface area contributed by atoms with Crippen molar-refractivity contribution < 1.29 is 19.1 Å². The second-order valence-corrected chi connectivity index (χ2v) is 10.6. The van der Waals surface area contributed by atoms with E-state index < -0.39 is 11.5 Å². The Morgan fingerprint density at radius 1 is 1.10 bits per heavy atom. The number of amides is 1. The summed E-state index contributed by atoms with van der Waals surface area (Å²) in [4.78, 5) is 28.0. The lowest BCUT2D eigenvalue weighted by atomic mass is 10.0. The molecule has 41 heavy (non-hydrogen) atoms. The van der Waals surface area contributed by atoms with Crippen LogP contribution in [0.1, 0.15) is 60.3 Å². The molecule has 0 aliphatic carbocycles. The second-order valence-electron chi connectivity index (χ2n) is 10.6. The topological polar surface area (TPSA) is 92.0 Å². The van der Waals surface area contributed by atoms with Gasteiger partial charge in [0.2, 0.25) is 0 Å². The fourth-order valence-electron chi connectivity index (χ4n) is 4.62. The quantitative estimate of drug-likeness (QED) is 0.117. The van der Waals surface area contributed by atoms with Gasteiger partial charge in [0.05, 0.1) is 6.61 Å². The third-order valence-electron chi connectivity index (χ3n) is 7.28. The van der Waals surface area contributed by atoms with E-state index in [1.54, 1.807) is 12.1 Å². The van der Waals surface area contributed by atoms with Crippen LogP contribution in [-0.4, -0.2) is 36.1 Å². The number of phenolic OH excluding ortho intramolecular Hbond substituents is 1. The highest BCUT2D eigenvalue weighted by atomic mass is 16.5. The van der Waals surface area contributed by atoms with Crippen LogP contribution in [0.5, 0.6) is 11.5 Å². The van der Waals surface area contributed by atoms with Crippen LogP contribution >= 0.6 is 0 Å². The summed E-state index contributed by atoms with van der Waals surface area (Å²) in [5, 5.41) is 13.5. The molecule has 1 heterocycles. The van der Waals surface area contributed by atoms with Gasteiger partial charge in [-0.25, -0.2) is 4.79 Å². The molecular weight excluding hydrogens is 516 g/mol. The van der Waals surface area contributed by atoms with Gasteiger partial charge in [0.1, 0.15) is 22.8 Å². The number of carbonyl (C=O) groups is 1. The lowest BCUT2D eigenvalue weighted by Crippen LogP contribution is -2.24. The molecule has 1 aromatic heterocycles. The van der Waals surface area contributed by atoms with E-state index >= 15 is 0 Å². The minimum atomic E-state index is -0.647. The van der Waals surface area contributed by atoms with Crippen molar-refractivity contribution in [2.24, 2.45) is 0 Å². The molecule has 0 spiro atoms. The Kier molecular flexibility index (Phi) is 9.63. The van der Waals surface area contributed by atoms with E-state index in [-0.39, 0.29) is 11.4 Å². The van der Waals surface area contributed by atoms with Crippen molar-refractivity contribution in [2.75, 3.05) is 25.5 Å². The molecule has 0 radical (unpaired) electrons. The smallest absolute Gasteiger partial charge is 0.360 e. The third kappa shape index (κ3) is 7.44. The molecule has 0 saturated heterocycles. The number of hydrogen-bond acceptors (Lipinski definition) is 6. The van der Waals surface area contributed by atoms with Crippen LogP contribution in [0.3, 0.4) is 0 Å². The fraction of sp³-hybridized carbons (Fsp3) is 0.294. The maximum atomic E-state index is 12.9. The van der Waals surface area contributed by atoms with Crippen LogP contribution in [0.15, 0.2) is 87.6 Å². The SMILES string of the molecule is CC(C)=CCc1cc(C(=O)Nc2cc3ccc(OCCCN(C)[C@H](C)c4ccccc4)c(C)c3oc2=O)ccc1O. The van der Waals surface area contributed by atoms with Gasteiger partial charge >= 0.3 is 5.63 Å². The predicted octanol–water partition coefficient (Wildman–Crippen LogP) is 7.03. The van der Waals surface area contributed by atoms with E-state index in [0.717, 1.165) is 24.1 Å². The first-order valence-electron chi connectivity index (χ1n) is 13.9. The number of ether oxygens (including phenoxy) is 1. The zero-order valence-electron chi connectivity index (χ0n) is 24.4. The third-order valence-corrected chi connectivity index (χ3v) is 7.28. The number of phenols is 1. The van der Waals surface area contributed by atoms with Crippen molar-refractivity contribution in [3.63, 3.8) is 0 Å². The highest BCUT2D eigenvalue weighted by Crippen LogP contribution is 2.28. The zero-order chi connectivity index (χ0) is 29.5. The lowest BCUT2D eigenvalue weighted by molar-refractivity contribution is 0.102. The minimum Gasteiger partial charge on any atom is -0.508 e. The number of nitrogens with zero attached hydrogens (tertiary/aromatic N) is 1. The first-order valence-corrected chi connectivity index (χ1v) is 13.9. The van der Waals surface area contributed by atoms with E-state index in [4.69, 9.17) is 9.15 Å². The first kappa shape index (κ1) is 29.6. The molecule has 7 nitrogen and oxygen atoms in total. The summed E-state index contributed by atoms with van der Waals surface area (Å²) >= 11 is 0. The number of benzene rings is 3. The van der Waals surface area contributed by atoms with Gasteiger partial charge in [-0.15, -0.1) is 0 Å². The molecule has 3 aromatic carbocycles. The van der Waals surface area contributed by atoms with Crippen molar-refractivity contribution in [1.82, 2.24) is 4.90 Å². The number of nitrogens with one attached hydrogen (secondary N) is 1. The van der Waals surface area contributed by atoms with E-state index in [1.165, 1.54) is 17.7 Å². The van der Waals surface area contributed by atoms with E-state index in [2.05, 4.69) is 48.5 Å². The molecule has 214 valence electrons. The first-order chi connectivity index (χ1) is 19.6. The predicted molar refractivity (Wildman–Crippen MR) is 164 cm³/mol. The molecule has 2 N–H and O–H groups in total. The Labute approximate surface area is 241 Å². The molecular formula is C34H38N2O5. The number of carbonyl (C=O) groups excluding carboxylic acids is 1. The molecule has 7 heteroatoms. The largest absolute Gasteiger partial charge is 0.508 e. The van der Waals surface area contributed by atoms with Gasteiger partial charge in [-0.1, -0.05) is 42.0 Å². The second kappa shape index (κ2) is 13.3. The summed E-state index contributed by atoms with van der Waals surface area (Å²) in [5.74, 6) is 0.314. The molecule has 4 rings (SSSR count). The summed E-state index contributed by atoms with van der Waals surface area (Å²) in [6, 6.07) is 20.6. The van der Waals surface area contributed by atoms with Crippen molar-refractivity contribution in [3.05, 3.63) is 111 Å². The Morgan fingerprint density at radius 2 is 1.85 bits per heavy atom. The fourth-order valence-corrected chi connectivity index (χ4v) is 4.62. The zero-order valence-corrected chi connectivity index (χ0v) is 24.4. The van der Waals surface area contributed by atoms with Crippen molar-refractivity contribution >= 4 is 22.6 Å². The highest BCUT2D eigenvalue weighted by molar-refractivity contribution is 6.05. The number of rotatable bonds is 11. The van der Waals surface area contributed by atoms with Gasteiger partial charge < -0.3 is 19.6 Å². The monoisotopic (exact) mass is 554 g/mol. The molecule has 0 saturated carbocycles. The number of aryl methyl sites for hydroxylation is 1. The normalized spacial score (nSPS) is 11.9. The van der Waals surface area contributed by atoms with Crippen molar-refractivity contribution in [3.8, 4) is 11.5 Å². The average molecular weight is 555 g/mol. The van der Waals surface area contributed by atoms with Crippen LogP contribution in [0.25, 0.3) is 11.0 Å². The van der Waals surface area contributed by atoms with Gasteiger partial charge in [-0.3, -0.25) is 9.69 Å². The number of aromatic hydroxyl groups is 1. The molecule has 0 unspecified atom stereocenters. The molecule has 0 aliphatic heterocycles. The van der Waals surface area contributed by atoms with Gasteiger partial charge in [-0.2, -0.15) is 0 Å². The average Bonchev–Trinajstić information content (AvgIpc) is 2.96. The van der Waals surface area contributed by atoms with E-state index in [1.807, 2.05) is 45.0 Å². The lowest BCUT2D eigenvalue weighted by Gasteiger charge is -2.25. The Balaban J connectivity index is 1.41. The summed E-state index contributed by atoms with van der Waals surface area (Å²) < 4.78 is 11.7. The Bertz CT molecular complexity index is 1600. The maximum Gasteiger partial charge on any atom is 0.360 e. The van der Waals surface area contributed by atoms with E-state index in [0.29, 0.717) is 46.9 Å². The van der Waals surface area contributed by atoms with Crippen molar-refractivity contribution in [2.45, 2.75) is 46.6 Å². The van der Waals surface area contributed by atoms with Crippen LogP contribution < -0.4 is 15.7 Å². The van der Waals surface area contributed by atoms with Crippen LogP contribution in [0, 0.1) is 6.92 Å². The summed E-state index contributed by atoms with van der Waals surface area (Å²) in [6.45, 7) is 9.38. The molecule has 4 aromatic rings. The molecule has 0 fully saturated rings. The molecule has 0 aliphatic rings. The van der Waals surface area contributed by atoms with Crippen LogP contribution in [-0.2, 0) is 6.42 Å². The van der Waals surface area contributed by atoms with Crippen LogP contribution in [0.2, 0.25) is 0 Å². The number of anilines is 1. The minimum absolute atomic E-state index is 0.0464. The maximum absolute atomic E-state index is 12.9. The van der Waals surface area contributed by atoms with Gasteiger partial charge in [0.25, 0.3) is 5.91 Å². The summed E-state index contributed by atoms with van der Waals surface area (Å²) in [7, 11) is 2.11. The summed E-state index contributed by atoms with van der Waals surface area (Å²) in [6.07, 6.45) is 3.31. The number of allylic oxidation sites excluding steroid dienone is 2. The number of hydrogen-bond donors (Lipinski definition) is 2. The number of fused-ring (bicyclic) bond motifs is 1. The van der Waals surface area contributed by atoms with Gasteiger partial charge in [-0.05, 0) is 95.1 Å². The Hall–Kier alpha value is -4.36. The van der Waals surface area contributed by atoms with Gasteiger partial charge in [0.15, 0.2) is 0 Å². The molecule has 1 amide bonds.